The lowest BCUT2D eigenvalue weighted by Crippen LogP contribution is -2.39. The van der Waals surface area contributed by atoms with Crippen molar-refractivity contribution in [1.82, 2.24) is 10.2 Å². The molecule has 2 amide bonds. The van der Waals surface area contributed by atoms with Crippen molar-refractivity contribution in [3.63, 3.8) is 0 Å². The average Bonchev–Trinajstić information content (AvgIpc) is 3.06. The van der Waals surface area contributed by atoms with E-state index < -0.39 is 0 Å². The van der Waals surface area contributed by atoms with Gasteiger partial charge in [0.15, 0.2) is 5.78 Å². The molecule has 0 saturated carbocycles. The highest BCUT2D eigenvalue weighted by Crippen LogP contribution is 2.19. The molecule has 2 heterocycles. The van der Waals surface area contributed by atoms with Gasteiger partial charge in [-0.15, -0.1) is 0 Å². The van der Waals surface area contributed by atoms with Crippen LogP contribution in [0.2, 0.25) is 0 Å². The number of Topliss-reactive ketones (excluding diaryl/α,β-unsaturated/α-hetero) is 1. The number of nitrogens with one attached hydrogen (secondary N) is 2. The zero-order valence-corrected chi connectivity index (χ0v) is 16.0. The average molecular weight is 369 g/mol. The predicted octanol–water partition coefficient (Wildman–Crippen LogP) is 3.82. The van der Waals surface area contributed by atoms with Gasteiger partial charge >= 0.3 is 6.03 Å². The van der Waals surface area contributed by atoms with Gasteiger partial charge in [0, 0.05) is 17.8 Å². The van der Waals surface area contributed by atoms with E-state index in [0.29, 0.717) is 23.7 Å². The van der Waals surface area contributed by atoms with Crippen LogP contribution in [-0.4, -0.2) is 36.3 Å². The number of anilines is 1. The topological polar surface area (TPSA) is 74.6 Å². The lowest BCUT2D eigenvalue weighted by atomic mass is 9.97. The van der Waals surface area contributed by atoms with Crippen molar-refractivity contribution in [2.24, 2.45) is 5.92 Å². The number of carbonyl (C=O) groups excluding carboxylic acids is 2. The first-order valence-corrected chi connectivity index (χ1v) is 9.43. The largest absolute Gasteiger partial charge is 0.465 e. The number of likely N-dealkylation sites (tertiary alicyclic amines) is 1. The van der Waals surface area contributed by atoms with E-state index >= 15 is 0 Å². The van der Waals surface area contributed by atoms with Crippen LogP contribution in [-0.2, 0) is 6.54 Å². The molecule has 144 valence electrons. The van der Waals surface area contributed by atoms with Gasteiger partial charge in [-0.2, -0.15) is 0 Å². The Morgan fingerprint density at radius 2 is 1.96 bits per heavy atom. The van der Waals surface area contributed by atoms with Gasteiger partial charge in [0.1, 0.15) is 11.5 Å². The van der Waals surface area contributed by atoms with Gasteiger partial charge in [-0.1, -0.05) is 12.1 Å². The molecule has 0 spiro atoms. The van der Waals surface area contributed by atoms with Crippen molar-refractivity contribution >= 4 is 17.5 Å². The number of aryl methyl sites for hydroxylation is 1. The second-order valence-corrected chi connectivity index (χ2v) is 7.20. The Labute approximate surface area is 159 Å². The van der Waals surface area contributed by atoms with Crippen LogP contribution in [0.1, 0.15) is 41.6 Å². The van der Waals surface area contributed by atoms with E-state index in [1.807, 2.05) is 19.1 Å². The van der Waals surface area contributed by atoms with Crippen LogP contribution >= 0.6 is 0 Å². The fraction of sp³-hybridized carbons (Fsp3) is 0.429. The monoisotopic (exact) mass is 369 g/mol. The zero-order chi connectivity index (χ0) is 19.2. The third-order valence-corrected chi connectivity index (χ3v) is 4.96. The SMILES string of the molecule is CC(=O)c1cccc(NC(=O)NCC2CCN(Cc3ccc(C)o3)CC2)c1. The highest BCUT2D eigenvalue weighted by atomic mass is 16.3. The van der Waals surface area contributed by atoms with Gasteiger partial charge in [-0.3, -0.25) is 9.69 Å². The number of rotatable bonds is 6. The highest BCUT2D eigenvalue weighted by Gasteiger charge is 2.20. The molecular formula is C21H27N3O3. The van der Waals surface area contributed by atoms with Crippen LogP contribution in [0.3, 0.4) is 0 Å². The summed E-state index contributed by atoms with van der Waals surface area (Å²) in [6.07, 6.45) is 2.11. The Balaban J connectivity index is 1.39. The Morgan fingerprint density at radius 1 is 1.19 bits per heavy atom. The number of benzene rings is 1. The third kappa shape index (κ3) is 5.69. The zero-order valence-electron chi connectivity index (χ0n) is 16.0. The second-order valence-electron chi connectivity index (χ2n) is 7.20. The summed E-state index contributed by atoms with van der Waals surface area (Å²) in [5.74, 6) is 2.42. The second kappa shape index (κ2) is 8.86. The normalized spacial score (nSPS) is 15.5. The quantitative estimate of drug-likeness (QED) is 0.759. The van der Waals surface area contributed by atoms with Crippen LogP contribution in [0, 0.1) is 12.8 Å². The number of furan rings is 1. The van der Waals surface area contributed by atoms with Crippen molar-refractivity contribution < 1.29 is 14.0 Å². The fourth-order valence-corrected chi connectivity index (χ4v) is 3.37. The van der Waals surface area contributed by atoms with Gasteiger partial charge in [-0.05, 0) is 70.0 Å². The summed E-state index contributed by atoms with van der Waals surface area (Å²) >= 11 is 0. The summed E-state index contributed by atoms with van der Waals surface area (Å²) in [5, 5.41) is 5.74. The van der Waals surface area contributed by atoms with E-state index in [1.165, 1.54) is 6.92 Å². The molecule has 1 aromatic carbocycles. The molecule has 1 aliphatic heterocycles. The van der Waals surface area contributed by atoms with Gasteiger partial charge < -0.3 is 15.1 Å². The molecule has 6 nitrogen and oxygen atoms in total. The number of hydrogen-bond donors (Lipinski definition) is 2. The molecule has 3 rings (SSSR count). The highest BCUT2D eigenvalue weighted by molar-refractivity contribution is 5.96. The Bertz CT molecular complexity index is 791. The maximum Gasteiger partial charge on any atom is 0.319 e. The van der Waals surface area contributed by atoms with E-state index in [9.17, 15) is 9.59 Å². The van der Waals surface area contributed by atoms with Crippen molar-refractivity contribution in [1.29, 1.82) is 0 Å². The van der Waals surface area contributed by atoms with E-state index in [4.69, 9.17) is 4.42 Å². The summed E-state index contributed by atoms with van der Waals surface area (Å²) in [5.41, 5.74) is 1.22. The van der Waals surface area contributed by atoms with Gasteiger partial charge in [-0.25, -0.2) is 4.79 Å². The summed E-state index contributed by atoms with van der Waals surface area (Å²) in [6, 6.07) is 10.8. The Hall–Kier alpha value is -2.60. The number of ketones is 1. The molecule has 27 heavy (non-hydrogen) atoms. The van der Waals surface area contributed by atoms with Crippen molar-refractivity contribution in [2.75, 3.05) is 25.0 Å². The van der Waals surface area contributed by atoms with E-state index in [0.717, 1.165) is 44.0 Å². The number of amides is 2. The minimum absolute atomic E-state index is 0.0180. The number of piperidine rings is 1. The lowest BCUT2D eigenvalue weighted by molar-refractivity contribution is 0.101. The maximum atomic E-state index is 12.1. The molecule has 0 aliphatic carbocycles. The Morgan fingerprint density at radius 3 is 2.63 bits per heavy atom. The molecule has 0 unspecified atom stereocenters. The van der Waals surface area contributed by atoms with Gasteiger partial charge in [0.25, 0.3) is 0 Å². The van der Waals surface area contributed by atoms with E-state index in [2.05, 4.69) is 15.5 Å². The first kappa shape index (κ1) is 19.2. The van der Waals surface area contributed by atoms with Gasteiger partial charge in [0.05, 0.1) is 6.54 Å². The molecule has 6 heteroatoms. The fourth-order valence-electron chi connectivity index (χ4n) is 3.37. The van der Waals surface area contributed by atoms with Crippen molar-refractivity contribution in [3.8, 4) is 0 Å². The maximum absolute atomic E-state index is 12.1. The smallest absolute Gasteiger partial charge is 0.319 e. The van der Waals surface area contributed by atoms with Crippen LogP contribution in [0.5, 0.6) is 0 Å². The predicted molar refractivity (Wildman–Crippen MR) is 105 cm³/mol. The van der Waals surface area contributed by atoms with E-state index in [1.54, 1.807) is 24.3 Å². The Kier molecular flexibility index (Phi) is 6.29. The molecule has 1 aliphatic rings. The summed E-state index contributed by atoms with van der Waals surface area (Å²) in [7, 11) is 0. The van der Waals surface area contributed by atoms with Crippen molar-refractivity contribution in [3.05, 3.63) is 53.5 Å². The van der Waals surface area contributed by atoms with Crippen LogP contribution < -0.4 is 10.6 Å². The lowest BCUT2D eigenvalue weighted by Gasteiger charge is -2.31. The molecule has 1 fully saturated rings. The first-order valence-electron chi connectivity index (χ1n) is 9.43. The van der Waals surface area contributed by atoms with Crippen LogP contribution in [0.25, 0.3) is 0 Å². The number of carbonyl (C=O) groups is 2. The molecule has 2 N–H and O–H groups in total. The standard InChI is InChI=1S/C21H27N3O3/c1-15-6-7-20(27-15)14-24-10-8-17(9-11-24)13-22-21(26)23-19-5-3-4-18(12-19)16(2)25/h3-7,12,17H,8-11,13-14H2,1-2H3,(H2,22,23,26). The number of nitrogens with zero attached hydrogens (tertiary/aromatic N) is 1. The molecular weight excluding hydrogens is 342 g/mol. The number of hydrogen-bond acceptors (Lipinski definition) is 4. The molecule has 2 aromatic rings. The molecule has 1 aromatic heterocycles. The van der Waals surface area contributed by atoms with Crippen LogP contribution in [0.15, 0.2) is 40.8 Å². The van der Waals surface area contributed by atoms with Crippen molar-refractivity contribution in [2.45, 2.75) is 33.2 Å². The first-order chi connectivity index (χ1) is 13.0. The minimum atomic E-state index is -0.232. The summed E-state index contributed by atoms with van der Waals surface area (Å²) < 4.78 is 5.64. The third-order valence-electron chi connectivity index (χ3n) is 4.96. The summed E-state index contributed by atoms with van der Waals surface area (Å²) in [6.45, 7) is 7.00. The van der Waals surface area contributed by atoms with Gasteiger partial charge in [0.2, 0.25) is 0 Å². The molecule has 0 atom stereocenters. The minimum Gasteiger partial charge on any atom is -0.465 e. The summed E-state index contributed by atoms with van der Waals surface area (Å²) in [4.78, 5) is 25.9. The molecule has 0 radical (unpaired) electrons. The van der Waals surface area contributed by atoms with Crippen LogP contribution in [0.4, 0.5) is 10.5 Å². The van der Waals surface area contributed by atoms with E-state index in [-0.39, 0.29) is 11.8 Å². The number of urea groups is 1. The molecule has 1 saturated heterocycles. The molecule has 0 bridgehead atoms.